The van der Waals surface area contributed by atoms with Crippen molar-refractivity contribution in [1.29, 1.82) is 5.26 Å². The number of nitrogens with zero attached hydrogens (tertiary/aromatic N) is 2. The zero-order valence-electron chi connectivity index (χ0n) is 13.7. The zero-order valence-corrected chi connectivity index (χ0v) is 13.7. The first-order valence-corrected chi connectivity index (χ1v) is 7.96. The summed E-state index contributed by atoms with van der Waals surface area (Å²) in [4.78, 5) is 1.98. The van der Waals surface area contributed by atoms with Crippen LogP contribution in [0.25, 0.3) is 0 Å². The molecule has 25 heavy (non-hydrogen) atoms. The summed E-state index contributed by atoms with van der Waals surface area (Å²) in [7, 11) is 1.55. The van der Waals surface area contributed by atoms with Crippen LogP contribution in [-0.2, 0) is 6.54 Å². The molecule has 4 nitrogen and oxygen atoms in total. The van der Waals surface area contributed by atoms with Crippen molar-refractivity contribution in [3.8, 4) is 11.8 Å². The Morgan fingerprint density at radius 1 is 1.24 bits per heavy atom. The van der Waals surface area contributed by atoms with E-state index in [9.17, 15) is 13.9 Å². The van der Waals surface area contributed by atoms with Gasteiger partial charge in [0, 0.05) is 24.7 Å². The monoisotopic (exact) mass is 344 g/mol. The molecular weight excluding hydrogens is 326 g/mol. The Bertz CT molecular complexity index is 820. The minimum atomic E-state index is -0.900. The molecule has 130 valence electrons. The van der Waals surface area contributed by atoms with Crippen molar-refractivity contribution in [2.45, 2.75) is 25.1 Å². The van der Waals surface area contributed by atoms with E-state index in [4.69, 9.17) is 10.00 Å². The van der Waals surface area contributed by atoms with Crippen LogP contribution in [0.1, 0.15) is 29.2 Å². The van der Waals surface area contributed by atoms with E-state index in [1.807, 2.05) is 4.90 Å². The topological polar surface area (TPSA) is 56.5 Å². The van der Waals surface area contributed by atoms with Crippen molar-refractivity contribution in [2.24, 2.45) is 0 Å². The molecule has 3 rings (SSSR count). The van der Waals surface area contributed by atoms with Crippen LogP contribution in [0.3, 0.4) is 0 Å². The molecule has 1 saturated heterocycles. The average Bonchev–Trinajstić information content (AvgIpc) is 2.97. The third-order valence-electron chi connectivity index (χ3n) is 4.49. The van der Waals surface area contributed by atoms with Crippen molar-refractivity contribution in [3.63, 3.8) is 0 Å². The van der Waals surface area contributed by atoms with Crippen LogP contribution >= 0.6 is 0 Å². The lowest BCUT2D eigenvalue weighted by Crippen LogP contribution is -2.24. The number of aliphatic hydroxyl groups excluding tert-OH is 1. The molecule has 6 heteroatoms. The second-order valence-corrected chi connectivity index (χ2v) is 6.15. The minimum absolute atomic E-state index is 0.236. The number of nitriles is 1. The number of β-amino-alcohol motifs (C(OH)–C–C–N with tert-alkyl or cyclic N) is 1. The normalized spacial score (nSPS) is 20.4. The number of likely N-dealkylation sites (tertiary alicyclic amines) is 1. The fraction of sp³-hybridized carbons (Fsp3) is 0.316. The van der Waals surface area contributed by atoms with Gasteiger partial charge in [-0.2, -0.15) is 5.26 Å². The van der Waals surface area contributed by atoms with Gasteiger partial charge >= 0.3 is 0 Å². The van der Waals surface area contributed by atoms with E-state index < -0.39 is 17.7 Å². The van der Waals surface area contributed by atoms with Gasteiger partial charge in [0.2, 0.25) is 0 Å². The smallest absolute Gasteiger partial charge is 0.159 e. The van der Waals surface area contributed by atoms with Crippen molar-refractivity contribution in [3.05, 3.63) is 64.7 Å². The number of halogens is 2. The Kier molecular flexibility index (Phi) is 4.98. The largest absolute Gasteiger partial charge is 0.496 e. The summed E-state index contributed by atoms with van der Waals surface area (Å²) < 4.78 is 32.1. The quantitative estimate of drug-likeness (QED) is 0.926. The van der Waals surface area contributed by atoms with Gasteiger partial charge in [0.1, 0.15) is 5.75 Å². The maximum Gasteiger partial charge on any atom is 0.159 e. The van der Waals surface area contributed by atoms with Gasteiger partial charge in [-0.05, 0) is 42.3 Å². The maximum atomic E-state index is 13.6. The van der Waals surface area contributed by atoms with Crippen molar-refractivity contribution in [1.82, 2.24) is 4.90 Å². The Morgan fingerprint density at radius 3 is 2.72 bits per heavy atom. The van der Waals surface area contributed by atoms with Gasteiger partial charge in [0.05, 0.1) is 24.8 Å². The van der Waals surface area contributed by atoms with Gasteiger partial charge < -0.3 is 9.84 Å². The minimum Gasteiger partial charge on any atom is -0.496 e. The number of benzene rings is 2. The van der Waals surface area contributed by atoms with Crippen LogP contribution in [0, 0.1) is 23.0 Å². The molecule has 0 saturated carbocycles. The second-order valence-electron chi connectivity index (χ2n) is 6.15. The molecule has 0 aliphatic carbocycles. The third kappa shape index (κ3) is 3.63. The summed E-state index contributed by atoms with van der Waals surface area (Å²) in [5.41, 5.74) is 1.94. The zero-order chi connectivity index (χ0) is 18.0. The first-order chi connectivity index (χ1) is 12.0. The number of hydrogen-bond acceptors (Lipinski definition) is 4. The lowest BCUT2D eigenvalue weighted by atomic mass is 10.0. The summed E-state index contributed by atoms with van der Waals surface area (Å²) in [5.74, 6) is -1.15. The first kappa shape index (κ1) is 17.3. The lowest BCUT2D eigenvalue weighted by Gasteiger charge is -2.25. The molecule has 0 unspecified atom stereocenters. The summed E-state index contributed by atoms with van der Waals surface area (Å²) in [6, 6.07) is 10.8. The van der Waals surface area contributed by atoms with Crippen LogP contribution in [0.4, 0.5) is 8.78 Å². The number of hydrogen-bond donors (Lipinski definition) is 1. The number of ether oxygens (including phenoxy) is 1. The van der Waals surface area contributed by atoms with Gasteiger partial charge in [0.25, 0.3) is 0 Å². The number of methoxy groups -OCH3 is 1. The molecule has 1 aliphatic rings. The van der Waals surface area contributed by atoms with E-state index >= 15 is 0 Å². The lowest BCUT2D eigenvalue weighted by molar-refractivity contribution is 0.172. The number of rotatable bonds is 4. The third-order valence-corrected chi connectivity index (χ3v) is 4.49. The standard InChI is InChI=1S/C19H18F2N2O2/c1-25-19-5-2-12(9-22)6-14(19)10-23-11-15(24)8-18(23)13-3-4-16(20)17(21)7-13/h2-7,15,18,24H,8,10-11H2,1H3/t15-,18-/m1/s1. The highest BCUT2D eigenvalue weighted by Crippen LogP contribution is 2.35. The molecular formula is C19H18F2N2O2. The fourth-order valence-electron chi connectivity index (χ4n) is 3.31. The van der Waals surface area contributed by atoms with Crippen molar-refractivity contribution < 1.29 is 18.6 Å². The molecule has 0 radical (unpaired) electrons. The van der Waals surface area contributed by atoms with Crippen LogP contribution in [-0.4, -0.2) is 29.8 Å². The molecule has 0 spiro atoms. The first-order valence-electron chi connectivity index (χ1n) is 7.96. The van der Waals surface area contributed by atoms with E-state index in [0.29, 0.717) is 36.4 Å². The molecule has 2 aromatic carbocycles. The molecule has 1 fully saturated rings. The van der Waals surface area contributed by atoms with Gasteiger partial charge in [-0.25, -0.2) is 8.78 Å². The molecule has 1 N–H and O–H groups in total. The summed E-state index contributed by atoms with van der Waals surface area (Å²) >= 11 is 0. The highest BCUT2D eigenvalue weighted by Gasteiger charge is 2.33. The molecule has 0 amide bonds. The van der Waals surface area contributed by atoms with E-state index in [1.165, 1.54) is 12.1 Å². The molecule has 1 aliphatic heterocycles. The molecule has 2 atom stereocenters. The highest BCUT2D eigenvalue weighted by molar-refractivity contribution is 5.42. The number of aliphatic hydroxyl groups is 1. The van der Waals surface area contributed by atoms with Crippen LogP contribution in [0.2, 0.25) is 0 Å². The van der Waals surface area contributed by atoms with Crippen LogP contribution < -0.4 is 4.74 Å². The van der Waals surface area contributed by atoms with Crippen LogP contribution in [0.5, 0.6) is 5.75 Å². The van der Waals surface area contributed by atoms with E-state index in [0.717, 1.165) is 11.6 Å². The van der Waals surface area contributed by atoms with Gasteiger partial charge in [0.15, 0.2) is 11.6 Å². The van der Waals surface area contributed by atoms with Gasteiger partial charge in [-0.1, -0.05) is 6.07 Å². The maximum absolute atomic E-state index is 13.6. The Labute approximate surface area is 144 Å². The van der Waals surface area contributed by atoms with Gasteiger partial charge in [-0.15, -0.1) is 0 Å². The Balaban J connectivity index is 1.90. The van der Waals surface area contributed by atoms with Gasteiger partial charge in [-0.3, -0.25) is 4.90 Å². The highest BCUT2D eigenvalue weighted by atomic mass is 19.2. The van der Waals surface area contributed by atoms with E-state index in [2.05, 4.69) is 6.07 Å². The predicted molar refractivity (Wildman–Crippen MR) is 87.8 cm³/mol. The predicted octanol–water partition coefficient (Wildman–Crippen LogP) is 3.15. The molecule has 1 heterocycles. The van der Waals surface area contributed by atoms with Crippen molar-refractivity contribution >= 4 is 0 Å². The SMILES string of the molecule is COc1ccc(C#N)cc1CN1C[C@H](O)C[C@@H]1c1ccc(F)c(F)c1. The van der Waals surface area contributed by atoms with Crippen LogP contribution in [0.15, 0.2) is 36.4 Å². The molecule has 2 aromatic rings. The summed E-state index contributed by atoms with van der Waals surface area (Å²) in [5, 5.41) is 19.2. The Hall–Kier alpha value is -2.49. The average molecular weight is 344 g/mol. The molecule has 0 aromatic heterocycles. The summed E-state index contributed by atoms with van der Waals surface area (Å²) in [6.45, 7) is 0.836. The fourth-order valence-corrected chi connectivity index (χ4v) is 3.31. The van der Waals surface area contributed by atoms with E-state index in [1.54, 1.807) is 25.3 Å². The summed E-state index contributed by atoms with van der Waals surface area (Å²) in [6.07, 6.45) is -0.117. The second kappa shape index (κ2) is 7.18. The Morgan fingerprint density at radius 2 is 2.04 bits per heavy atom. The van der Waals surface area contributed by atoms with E-state index in [-0.39, 0.29) is 6.04 Å². The molecule has 0 bridgehead atoms. The van der Waals surface area contributed by atoms with Crippen molar-refractivity contribution in [2.75, 3.05) is 13.7 Å².